The Morgan fingerprint density at radius 3 is 2.45 bits per heavy atom. The van der Waals surface area contributed by atoms with Crippen LogP contribution < -0.4 is 4.74 Å². The Bertz CT molecular complexity index is 732. The van der Waals surface area contributed by atoms with E-state index in [9.17, 15) is 8.42 Å². The summed E-state index contributed by atoms with van der Waals surface area (Å²) in [6.07, 6.45) is 0. The molecular formula is C16H18BrNO3S. The van der Waals surface area contributed by atoms with Gasteiger partial charge in [0.25, 0.3) is 0 Å². The number of rotatable bonds is 6. The molecule has 0 aliphatic heterocycles. The number of nitrogens with zero attached hydrogens (tertiary/aromatic N) is 1. The van der Waals surface area contributed by atoms with Gasteiger partial charge < -0.3 is 4.74 Å². The minimum absolute atomic E-state index is 0.0132. The van der Waals surface area contributed by atoms with Gasteiger partial charge in [-0.15, -0.1) is 0 Å². The maximum atomic E-state index is 12.5. The van der Waals surface area contributed by atoms with Crippen molar-refractivity contribution >= 4 is 26.0 Å². The lowest BCUT2D eigenvalue weighted by Gasteiger charge is -2.19. The first-order valence-corrected chi connectivity index (χ1v) is 9.13. The molecule has 0 bridgehead atoms. The van der Waals surface area contributed by atoms with Crippen LogP contribution in [-0.2, 0) is 22.3 Å². The van der Waals surface area contributed by atoms with Gasteiger partial charge in [0.05, 0.1) is 12.9 Å². The molecular weight excluding hydrogens is 366 g/mol. The van der Waals surface area contributed by atoms with E-state index >= 15 is 0 Å². The summed E-state index contributed by atoms with van der Waals surface area (Å²) in [5, 5.41) is 0. The Morgan fingerprint density at radius 2 is 1.82 bits per heavy atom. The van der Waals surface area contributed by atoms with Gasteiger partial charge in [-0.05, 0) is 23.8 Å². The number of ether oxygens (including phenoxy) is 1. The molecule has 118 valence electrons. The molecule has 2 aromatic rings. The number of benzene rings is 2. The van der Waals surface area contributed by atoms with Gasteiger partial charge in [0.1, 0.15) is 5.75 Å². The quantitative estimate of drug-likeness (QED) is 0.767. The second-order valence-electron chi connectivity index (χ2n) is 4.95. The maximum Gasteiger partial charge on any atom is 0.218 e. The summed E-state index contributed by atoms with van der Waals surface area (Å²) in [6, 6.07) is 14.7. The van der Waals surface area contributed by atoms with Crippen LogP contribution in [0.3, 0.4) is 0 Å². The van der Waals surface area contributed by atoms with Gasteiger partial charge in [-0.3, -0.25) is 0 Å². The van der Waals surface area contributed by atoms with Gasteiger partial charge in [0, 0.05) is 23.6 Å². The average Bonchev–Trinajstić information content (AvgIpc) is 2.48. The standard InChI is InChI=1S/C16H18BrNO3S/c1-18(11-14-10-15(17)8-9-16(14)21-2)22(19,20)12-13-6-4-3-5-7-13/h3-10H,11-12H2,1-2H3. The smallest absolute Gasteiger partial charge is 0.218 e. The second kappa shape index (κ2) is 7.26. The van der Waals surface area contributed by atoms with Gasteiger partial charge in [-0.1, -0.05) is 46.3 Å². The van der Waals surface area contributed by atoms with Crippen molar-refractivity contribution in [2.75, 3.05) is 14.2 Å². The number of halogens is 1. The van der Waals surface area contributed by atoms with Crippen molar-refractivity contribution in [3.63, 3.8) is 0 Å². The number of hydrogen-bond acceptors (Lipinski definition) is 3. The molecule has 0 aliphatic carbocycles. The zero-order valence-electron chi connectivity index (χ0n) is 12.5. The molecule has 0 aromatic heterocycles. The lowest BCUT2D eigenvalue weighted by atomic mass is 10.2. The molecule has 0 fully saturated rings. The molecule has 0 amide bonds. The molecule has 0 N–H and O–H groups in total. The van der Waals surface area contributed by atoms with Crippen LogP contribution >= 0.6 is 15.9 Å². The average molecular weight is 384 g/mol. The summed E-state index contributed by atoms with van der Waals surface area (Å²) >= 11 is 3.40. The molecule has 6 heteroatoms. The normalized spacial score (nSPS) is 11.6. The highest BCUT2D eigenvalue weighted by Gasteiger charge is 2.20. The first-order valence-electron chi connectivity index (χ1n) is 6.73. The Kier molecular flexibility index (Phi) is 5.61. The SMILES string of the molecule is COc1ccc(Br)cc1CN(C)S(=O)(=O)Cc1ccccc1. The molecule has 0 unspecified atom stereocenters. The fourth-order valence-corrected chi connectivity index (χ4v) is 3.68. The molecule has 22 heavy (non-hydrogen) atoms. The summed E-state index contributed by atoms with van der Waals surface area (Å²) in [5.41, 5.74) is 1.59. The minimum atomic E-state index is -3.39. The van der Waals surface area contributed by atoms with Gasteiger partial charge in [0.15, 0.2) is 0 Å². The van der Waals surface area contributed by atoms with Gasteiger partial charge >= 0.3 is 0 Å². The minimum Gasteiger partial charge on any atom is -0.496 e. The van der Waals surface area contributed by atoms with Crippen molar-refractivity contribution < 1.29 is 13.2 Å². The first kappa shape index (κ1) is 17.0. The van der Waals surface area contributed by atoms with Crippen molar-refractivity contribution in [3.8, 4) is 5.75 Å². The highest BCUT2D eigenvalue weighted by molar-refractivity contribution is 9.10. The van der Waals surface area contributed by atoms with Crippen LogP contribution in [0.15, 0.2) is 53.0 Å². The predicted octanol–water partition coefficient (Wildman–Crippen LogP) is 3.42. The van der Waals surface area contributed by atoms with Crippen molar-refractivity contribution in [3.05, 3.63) is 64.1 Å². The molecule has 0 spiro atoms. The second-order valence-corrected chi connectivity index (χ2v) is 7.95. The molecule has 0 saturated carbocycles. The lowest BCUT2D eigenvalue weighted by molar-refractivity contribution is 0.398. The number of methoxy groups -OCH3 is 1. The summed E-state index contributed by atoms with van der Waals surface area (Å²) in [4.78, 5) is 0. The van der Waals surface area contributed by atoms with Gasteiger partial charge in [-0.2, -0.15) is 0 Å². The lowest BCUT2D eigenvalue weighted by Crippen LogP contribution is -2.28. The van der Waals surface area contributed by atoms with E-state index in [0.717, 1.165) is 15.6 Å². The molecule has 0 heterocycles. The van der Waals surface area contributed by atoms with Crippen LogP contribution in [0.4, 0.5) is 0 Å². The largest absolute Gasteiger partial charge is 0.496 e. The third kappa shape index (κ3) is 4.32. The number of sulfonamides is 1. The Balaban J connectivity index is 2.17. The molecule has 2 rings (SSSR count). The summed E-state index contributed by atoms with van der Waals surface area (Å²) < 4.78 is 32.5. The molecule has 2 aromatic carbocycles. The van der Waals surface area contributed by atoms with Crippen LogP contribution in [-0.4, -0.2) is 26.9 Å². The molecule has 0 radical (unpaired) electrons. The van der Waals surface area contributed by atoms with E-state index in [1.807, 2.05) is 48.5 Å². The third-order valence-electron chi connectivity index (χ3n) is 3.30. The van der Waals surface area contributed by atoms with Crippen LogP contribution in [0, 0.1) is 0 Å². The van der Waals surface area contributed by atoms with E-state index in [1.165, 1.54) is 4.31 Å². The van der Waals surface area contributed by atoms with Crippen molar-refractivity contribution in [2.24, 2.45) is 0 Å². The predicted molar refractivity (Wildman–Crippen MR) is 91.2 cm³/mol. The van der Waals surface area contributed by atoms with E-state index in [0.29, 0.717) is 5.75 Å². The summed E-state index contributed by atoms with van der Waals surface area (Å²) in [6.45, 7) is 0.262. The van der Waals surface area contributed by atoms with Crippen molar-refractivity contribution in [2.45, 2.75) is 12.3 Å². The fraction of sp³-hybridized carbons (Fsp3) is 0.250. The van der Waals surface area contributed by atoms with E-state index in [4.69, 9.17) is 4.74 Å². The van der Waals surface area contributed by atoms with Crippen LogP contribution in [0.5, 0.6) is 5.75 Å². The van der Waals surface area contributed by atoms with Gasteiger partial charge in [0.2, 0.25) is 10.0 Å². The van der Waals surface area contributed by atoms with E-state index in [-0.39, 0.29) is 12.3 Å². The Labute approximate surface area is 139 Å². The Morgan fingerprint density at radius 1 is 1.14 bits per heavy atom. The van der Waals surface area contributed by atoms with Crippen LogP contribution in [0.1, 0.15) is 11.1 Å². The van der Waals surface area contributed by atoms with Crippen molar-refractivity contribution in [1.29, 1.82) is 0 Å². The first-order chi connectivity index (χ1) is 10.4. The zero-order valence-corrected chi connectivity index (χ0v) is 14.9. The monoisotopic (exact) mass is 383 g/mol. The summed E-state index contributed by atoms with van der Waals surface area (Å²) in [7, 11) is -0.230. The zero-order chi connectivity index (χ0) is 16.2. The van der Waals surface area contributed by atoms with Crippen LogP contribution in [0.25, 0.3) is 0 Å². The van der Waals surface area contributed by atoms with E-state index < -0.39 is 10.0 Å². The van der Waals surface area contributed by atoms with Gasteiger partial charge in [-0.25, -0.2) is 12.7 Å². The van der Waals surface area contributed by atoms with E-state index in [1.54, 1.807) is 14.2 Å². The molecule has 0 aliphatic rings. The number of hydrogen-bond donors (Lipinski definition) is 0. The van der Waals surface area contributed by atoms with Crippen LogP contribution in [0.2, 0.25) is 0 Å². The third-order valence-corrected chi connectivity index (χ3v) is 5.57. The molecule has 0 atom stereocenters. The Hall–Kier alpha value is -1.37. The highest BCUT2D eigenvalue weighted by atomic mass is 79.9. The molecule has 0 saturated heterocycles. The maximum absolute atomic E-state index is 12.5. The van der Waals surface area contributed by atoms with Crippen molar-refractivity contribution in [1.82, 2.24) is 4.31 Å². The topological polar surface area (TPSA) is 46.6 Å². The fourth-order valence-electron chi connectivity index (χ4n) is 2.10. The highest BCUT2D eigenvalue weighted by Crippen LogP contribution is 2.25. The van der Waals surface area contributed by atoms with E-state index in [2.05, 4.69) is 15.9 Å². The summed E-state index contributed by atoms with van der Waals surface area (Å²) in [5.74, 6) is 0.658. The molecule has 4 nitrogen and oxygen atoms in total.